The van der Waals surface area contributed by atoms with Gasteiger partial charge in [0.05, 0.1) is 0 Å². The van der Waals surface area contributed by atoms with Crippen LogP contribution >= 0.6 is 11.3 Å². The maximum absolute atomic E-state index is 2.16. The van der Waals surface area contributed by atoms with Crippen molar-refractivity contribution in [1.82, 2.24) is 0 Å². The smallest absolute Gasteiger partial charge is 0.169 e. The number of rotatable bonds is 3. The Morgan fingerprint density at radius 2 is 2.00 bits per heavy atom. The van der Waals surface area contributed by atoms with Crippen molar-refractivity contribution in [2.24, 2.45) is 0 Å². The van der Waals surface area contributed by atoms with Gasteiger partial charge in [0.25, 0.3) is 0 Å². The van der Waals surface area contributed by atoms with E-state index in [0.717, 1.165) is 6.54 Å². The predicted molar refractivity (Wildman–Crippen MR) is 65.6 cm³/mol. The summed E-state index contributed by atoms with van der Waals surface area (Å²) in [7, 11) is 0. The minimum absolute atomic E-state index is 1.02. The Labute approximate surface area is 94.3 Å². The molecule has 0 fully saturated rings. The Morgan fingerprint density at radius 1 is 1.20 bits per heavy atom. The van der Waals surface area contributed by atoms with E-state index in [1.165, 1.54) is 10.4 Å². The third kappa shape index (κ3) is 2.77. The van der Waals surface area contributed by atoms with Gasteiger partial charge in [-0.25, -0.2) is 4.57 Å². The lowest BCUT2D eigenvalue weighted by atomic mass is 10.2. The van der Waals surface area contributed by atoms with Gasteiger partial charge in [0.2, 0.25) is 0 Å². The number of thiophene rings is 1. The Balaban J connectivity index is 2.11. The van der Waals surface area contributed by atoms with Crippen molar-refractivity contribution in [3.05, 3.63) is 52.5 Å². The van der Waals surface area contributed by atoms with Gasteiger partial charge in [0, 0.05) is 17.0 Å². The number of hydrogen-bond donors (Lipinski definition) is 0. The Bertz CT molecular complexity index is 426. The fourth-order valence-electron chi connectivity index (χ4n) is 1.36. The quantitative estimate of drug-likeness (QED) is 0.694. The molecule has 2 heteroatoms. The molecule has 1 nitrogen and oxygen atoms in total. The number of hydrogen-bond acceptors (Lipinski definition) is 1. The van der Waals surface area contributed by atoms with Gasteiger partial charge in [0.1, 0.15) is 6.54 Å². The third-order valence-electron chi connectivity index (χ3n) is 2.27. The molecule has 2 aromatic heterocycles. The van der Waals surface area contributed by atoms with Crippen LogP contribution in [0, 0.1) is 0 Å². The van der Waals surface area contributed by atoms with Crippen molar-refractivity contribution >= 4 is 23.5 Å². The number of aromatic nitrogens is 1. The Kier molecular flexibility index (Phi) is 3.30. The van der Waals surface area contributed by atoms with Crippen LogP contribution in [0.25, 0.3) is 12.2 Å². The average molecular weight is 216 g/mol. The van der Waals surface area contributed by atoms with Crippen LogP contribution in [0.1, 0.15) is 17.4 Å². The highest BCUT2D eigenvalue weighted by Crippen LogP contribution is 2.12. The van der Waals surface area contributed by atoms with Crippen LogP contribution in [0.5, 0.6) is 0 Å². The molecule has 15 heavy (non-hydrogen) atoms. The molecule has 0 N–H and O–H groups in total. The van der Waals surface area contributed by atoms with Crippen LogP contribution in [0.2, 0.25) is 0 Å². The van der Waals surface area contributed by atoms with Gasteiger partial charge in [-0.15, -0.1) is 11.3 Å². The number of aryl methyl sites for hydroxylation is 1. The largest absolute Gasteiger partial charge is 0.205 e. The summed E-state index contributed by atoms with van der Waals surface area (Å²) < 4.78 is 2.16. The fraction of sp³-hybridized carbons (Fsp3) is 0.154. The second kappa shape index (κ2) is 4.89. The van der Waals surface area contributed by atoms with Crippen molar-refractivity contribution in [3.8, 4) is 0 Å². The normalized spacial score (nSPS) is 11.0. The predicted octanol–water partition coefficient (Wildman–Crippen LogP) is 3.23. The van der Waals surface area contributed by atoms with E-state index in [1.807, 2.05) is 0 Å². The summed E-state index contributed by atoms with van der Waals surface area (Å²) in [6.07, 6.45) is 8.50. The van der Waals surface area contributed by atoms with Gasteiger partial charge >= 0.3 is 0 Å². The lowest BCUT2D eigenvalue weighted by Gasteiger charge is -1.92. The van der Waals surface area contributed by atoms with E-state index < -0.39 is 0 Å². The van der Waals surface area contributed by atoms with Crippen LogP contribution in [0.3, 0.4) is 0 Å². The molecule has 0 amide bonds. The molecule has 0 aliphatic heterocycles. The summed E-state index contributed by atoms with van der Waals surface area (Å²) in [6.45, 7) is 3.16. The molecule has 0 unspecified atom stereocenters. The molecule has 2 heterocycles. The van der Waals surface area contributed by atoms with Crippen LogP contribution in [0.15, 0.2) is 42.0 Å². The van der Waals surface area contributed by atoms with Crippen LogP contribution in [-0.2, 0) is 6.54 Å². The highest BCUT2D eigenvalue weighted by Gasteiger charge is 1.94. The van der Waals surface area contributed by atoms with Gasteiger partial charge in [-0.05, 0) is 30.0 Å². The second-order valence-electron chi connectivity index (χ2n) is 3.31. The van der Waals surface area contributed by atoms with Crippen molar-refractivity contribution in [1.29, 1.82) is 0 Å². The van der Waals surface area contributed by atoms with Crippen LogP contribution in [0.4, 0.5) is 0 Å². The van der Waals surface area contributed by atoms with Gasteiger partial charge in [-0.2, -0.15) is 0 Å². The molecular weight excluding hydrogens is 202 g/mol. The van der Waals surface area contributed by atoms with Gasteiger partial charge in [-0.1, -0.05) is 12.1 Å². The molecule has 0 aliphatic rings. The monoisotopic (exact) mass is 216 g/mol. The van der Waals surface area contributed by atoms with E-state index in [0.29, 0.717) is 0 Å². The molecule has 0 atom stereocenters. The first kappa shape index (κ1) is 10.1. The maximum atomic E-state index is 2.16. The minimum Gasteiger partial charge on any atom is -0.205 e. The summed E-state index contributed by atoms with van der Waals surface area (Å²) >= 11 is 1.76. The standard InChI is InChI=1S/C13H14NS/c1-2-14-9-7-12(8-10-14)5-6-13-4-3-11-15-13/h3-11H,2H2,1H3/q+1. The van der Waals surface area contributed by atoms with E-state index in [1.54, 1.807) is 11.3 Å². The van der Waals surface area contributed by atoms with Gasteiger partial charge in [0.15, 0.2) is 12.4 Å². The lowest BCUT2D eigenvalue weighted by Crippen LogP contribution is -2.30. The Morgan fingerprint density at radius 3 is 2.60 bits per heavy atom. The zero-order valence-electron chi connectivity index (χ0n) is 8.76. The van der Waals surface area contributed by atoms with Crippen molar-refractivity contribution in [3.63, 3.8) is 0 Å². The van der Waals surface area contributed by atoms with Crippen molar-refractivity contribution in [2.75, 3.05) is 0 Å². The topological polar surface area (TPSA) is 3.88 Å². The molecule has 0 spiro atoms. The fourth-order valence-corrected chi connectivity index (χ4v) is 1.97. The molecule has 2 aromatic rings. The van der Waals surface area contributed by atoms with Gasteiger partial charge in [-0.3, -0.25) is 0 Å². The second-order valence-corrected chi connectivity index (χ2v) is 4.29. The van der Waals surface area contributed by atoms with Crippen LogP contribution < -0.4 is 4.57 Å². The van der Waals surface area contributed by atoms with E-state index >= 15 is 0 Å². The number of pyridine rings is 1. The average Bonchev–Trinajstić information content (AvgIpc) is 2.80. The van der Waals surface area contributed by atoms with Gasteiger partial charge < -0.3 is 0 Å². The highest BCUT2D eigenvalue weighted by molar-refractivity contribution is 7.10. The Hall–Kier alpha value is -1.41. The van der Waals surface area contributed by atoms with E-state index in [2.05, 4.69) is 65.7 Å². The van der Waals surface area contributed by atoms with Crippen LogP contribution in [-0.4, -0.2) is 0 Å². The molecule has 76 valence electrons. The summed E-state index contributed by atoms with van der Waals surface area (Å²) in [5, 5.41) is 2.09. The molecule has 0 radical (unpaired) electrons. The number of nitrogens with zero attached hydrogens (tertiary/aromatic N) is 1. The molecular formula is C13H14NS+. The lowest BCUT2D eigenvalue weighted by molar-refractivity contribution is -0.693. The summed E-state index contributed by atoms with van der Waals surface area (Å²) in [4.78, 5) is 1.29. The summed E-state index contributed by atoms with van der Waals surface area (Å²) in [6, 6.07) is 8.46. The molecule has 0 saturated heterocycles. The SMILES string of the molecule is CC[n+]1ccc(C=Cc2cccs2)cc1. The summed E-state index contributed by atoms with van der Waals surface area (Å²) in [5.41, 5.74) is 1.24. The minimum atomic E-state index is 1.02. The van der Waals surface area contributed by atoms with E-state index in [9.17, 15) is 0 Å². The molecule has 0 saturated carbocycles. The molecule has 0 aromatic carbocycles. The zero-order valence-corrected chi connectivity index (χ0v) is 9.58. The third-order valence-corrected chi connectivity index (χ3v) is 3.10. The molecule has 0 bridgehead atoms. The zero-order chi connectivity index (χ0) is 10.5. The highest BCUT2D eigenvalue weighted by atomic mass is 32.1. The first-order valence-corrected chi connectivity index (χ1v) is 5.97. The van der Waals surface area contributed by atoms with Crippen molar-refractivity contribution in [2.45, 2.75) is 13.5 Å². The van der Waals surface area contributed by atoms with E-state index in [-0.39, 0.29) is 0 Å². The first-order valence-electron chi connectivity index (χ1n) is 5.09. The molecule has 2 rings (SSSR count). The molecule has 0 aliphatic carbocycles. The van der Waals surface area contributed by atoms with Crippen molar-refractivity contribution < 1.29 is 4.57 Å². The summed E-state index contributed by atoms with van der Waals surface area (Å²) in [5.74, 6) is 0. The maximum Gasteiger partial charge on any atom is 0.169 e. The van der Waals surface area contributed by atoms with E-state index in [4.69, 9.17) is 0 Å². The first-order chi connectivity index (χ1) is 7.38.